The minimum absolute atomic E-state index is 0.0724. The molecule has 0 spiro atoms. The van der Waals surface area contributed by atoms with Crippen molar-refractivity contribution in [2.45, 2.75) is 37.5 Å². The highest BCUT2D eigenvalue weighted by Crippen LogP contribution is 2.35. The van der Waals surface area contributed by atoms with E-state index >= 15 is 0 Å². The molecule has 0 aromatic heterocycles. The number of carbonyl (C=O) groups excluding carboxylic acids is 1. The summed E-state index contributed by atoms with van der Waals surface area (Å²) in [4.78, 5) is 26.2. The van der Waals surface area contributed by atoms with E-state index in [9.17, 15) is 23.1 Å². The van der Waals surface area contributed by atoms with Gasteiger partial charge in [0.1, 0.15) is 0 Å². The predicted octanol–water partition coefficient (Wildman–Crippen LogP) is 6.52. The van der Waals surface area contributed by atoms with Crippen LogP contribution in [0.2, 0.25) is 10.0 Å². The number of hydrogen-bond donors (Lipinski definition) is 2. The molecule has 0 unspecified atom stereocenters. The normalized spacial score (nSPS) is 19.1. The van der Waals surface area contributed by atoms with Crippen molar-refractivity contribution in [3.63, 3.8) is 0 Å². The van der Waals surface area contributed by atoms with Crippen molar-refractivity contribution in [1.82, 2.24) is 10.2 Å². The highest BCUT2D eigenvalue weighted by molar-refractivity contribution is 7.93. The van der Waals surface area contributed by atoms with Crippen molar-refractivity contribution in [2.24, 2.45) is 11.8 Å². The topological polar surface area (TPSA) is 104 Å². The van der Waals surface area contributed by atoms with Crippen molar-refractivity contribution in [1.29, 1.82) is 0 Å². The first-order valence-corrected chi connectivity index (χ1v) is 16.8. The van der Waals surface area contributed by atoms with Gasteiger partial charge in [-0.15, -0.1) is 0 Å². The highest BCUT2D eigenvalue weighted by Gasteiger charge is 2.31. The number of rotatable bonds is 10. The molecular formula is C33H34Cl2N2O5S. The van der Waals surface area contributed by atoms with Crippen molar-refractivity contribution < 1.29 is 23.1 Å². The van der Waals surface area contributed by atoms with E-state index in [1.54, 1.807) is 24.3 Å². The van der Waals surface area contributed by atoms with Gasteiger partial charge in [0.25, 0.3) is 5.91 Å². The second-order valence-corrected chi connectivity index (χ2v) is 14.2. The van der Waals surface area contributed by atoms with Crippen molar-refractivity contribution in [3.8, 4) is 0 Å². The third kappa shape index (κ3) is 8.26. The quantitative estimate of drug-likeness (QED) is 0.262. The van der Waals surface area contributed by atoms with Crippen LogP contribution in [0.3, 0.4) is 0 Å². The second kappa shape index (κ2) is 13.6. The van der Waals surface area contributed by atoms with Crippen LogP contribution in [0.5, 0.6) is 0 Å². The number of carbonyl (C=O) groups is 2. The largest absolute Gasteiger partial charge is 0.481 e. The Bertz CT molecular complexity index is 1550. The van der Waals surface area contributed by atoms with Gasteiger partial charge < -0.3 is 10.4 Å². The molecule has 7 nitrogen and oxygen atoms in total. The molecule has 5 rings (SSSR count). The van der Waals surface area contributed by atoms with Crippen molar-refractivity contribution in [3.05, 3.63) is 116 Å². The van der Waals surface area contributed by atoms with E-state index in [0.29, 0.717) is 53.6 Å². The van der Waals surface area contributed by atoms with E-state index in [2.05, 4.69) is 10.2 Å². The molecule has 1 heterocycles. The fourth-order valence-electron chi connectivity index (χ4n) is 5.92. The number of hydrogen-bond acceptors (Lipinski definition) is 5. The van der Waals surface area contributed by atoms with Gasteiger partial charge >= 0.3 is 5.97 Å². The second-order valence-electron chi connectivity index (χ2n) is 11.5. The summed E-state index contributed by atoms with van der Waals surface area (Å²) >= 11 is 12.2. The van der Waals surface area contributed by atoms with Gasteiger partial charge in [-0.1, -0.05) is 59.6 Å². The van der Waals surface area contributed by atoms with Crippen LogP contribution in [0.4, 0.5) is 0 Å². The molecule has 1 aliphatic heterocycles. The summed E-state index contributed by atoms with van der Waals surface area (Å²) in [5.74, 6) is -1.26. The first kappa shape index (κ1) is 31.3. The molecule has 43 heavy (non-hydrogen) atoms. The summed E-state index contributed by atoms with van der Waals surface area (Å²) in [7, 11) is -3.57. The maximum absolute atomic E-state index is 13.1. The number of nitrogens with one attached hydrogen (secondary N) is 1. The molecule has 10 heteroatoms. The number of benzene rings is 3. The fourth-order valence-corrected chi connectivity index (χ4v) is 7.56. The zero-order valence-electron chi connectivity index (χ0n) is 23.6. The van der Waals surface area contributed by atoms with Gasteiger partial charge in [-0.05, 0) is 90.3 Å². The summed E-state index contributed by atoms with van der Waals surface area (Å²) in [5, 5.41) is 14.8. The molecule has 3 aromatic carbocycles. The van der Waals surface area contributed by atoms with Crippen LogP contribution in [-0.2, 0) is 20.4 Å². The smallest absolute Gasteiger partial charge is 0.306 e. The summed E-state index contributed by atoms with van der Waals surface area (Å²) in [6.07, 6.45) is 2.78. The van der Waals surface area contributed by atoms with Crippen molar-refractivity contribution in [2.75, 3.05) is 19.6 Å². The number of halogens is 2. The van der Waals surface area contributed by atoms with Crippen LogP contribution in [0.1, 0.15) is 58.8 Å². The van der Waals surface area contributed by atoms with Crippen LogP contribution in [0.25, 0.3) is 0 Å². The van der Waals surface area contributed by atoms with Crippen LogP contribution in [-0.4, -0.2) is 49.9 Å². The summed E-state index contributed by atoms with van der Waals surface area (Å²) in [5.41, 5.74) is 3.87. The predicted molar refractivity (Wildman–Crippen MR) is 169 cm³/mol. The summed E-state index contributed by atoms with van der Waals surface area (Å²) in [6.45, 7) is 1.49. The van der Waals surface area contributed by atoms with Crippen molar-refractivity contribution >= 4 is 44.9 Å². The van der Waals surface area contributed by atoms with Crippen LogP contribution < -0.4 is 5.32 Å². The highest BCUT2D eigenvalue weighted by atomic mass is 35.5. The summed E-state index contributed by atoms with van der Waals surface area (Å²) < 4.78 is 26.2. The number of aliphatic carboxylic acids is 1. The van der Waals surface area contributed by atoms with Gasteiger partial charge in [0, 0.05) is 40.7 Å². The van der Waals surface area contributed by atoms with Crippen LogP contribution >= 0.6 is 23.2 Å². The number of nitrogens with zero attached hydrogens (tertiary/aromatic N) is 1. The maximum Gasteiger partial charge on any atom is 0.306 e. The molecule has 2 N–H and O–H groups in total. The average molecular weight is 642 g/mol. The number of carboxylic acids is 1. The number of sulfone groups is 1. The molecule has 1 saturated carbocycles. The van der Waals surface area contributed by atoms with E-state index < -0.39 is 15.8 Å². The fraction of sp³-hybridized carbons (Fsp3) is 0.333. The molecule has 2 aliphatic rings. The Balaban J connectivity index is 1.19. The number of carboxylic acid groups (broad SMARTS) is 1. The Morgan fingerprint density at radius 2 is 1.49 bits per heavy atom. The standard InChI is InChI=1S/C33H34Cl2N2O5S/c34-29-12-8-25(9-13-29)31(26-10-14-30(35)15-11-26)37-18-24(19-37)21-43(41,42)20-23-2-1-3-28(16-23)32(38)36-17-22-4-6-27(7-5-22)33(39)40/h1-3,8-16,21-22,27,31H,4-7,17-20H2,(H,36,38)(H,39,40). The third-order valence-electron chi connectivity index (χ3n) is 8.20. The molecular weight excluding hydrogens is 607 g/mol. The van der Waals surface area contributed by atoms with Gasteiger partial charge in [0.2, 0.25) is 0 Å². The summed E-state index contributed by atoms with van der Waals surface area (Å²) in [6, 6.07) is 21.9. The zero-order chi connectivity index (χ0) is 30.6. The van der Waals surface area contributed by atoms with E-state index in [1.807, 2.05) is 48.5 Å². The Morgan fingerprint density at radius 1 is 0.907 bits per heavy atom. The van der Waals surface area contributed by atoms with Crippen LogP contribution in [0, 0.1) is 11.8 Å². The first-order chi connectivity index (χ1) is 20.6. The number of likely N-dealkylation sites (tertiary alicyclic amines) is 1. The van der Waals surface area contributed by atoms with Gasteiger partial charge in [-0.2, -0.15) is 0 Å². The van der Waals surface area contributed by atoms with Gasteiger partial charge in [0.15, 0.2) is 9.84 Å². The molecule has 1 saturated heterocycles. The van der Waals surface area contributed by atoms with E-state index in [-0.39, 0.29) is 29.5 Å². The molecule has 3 aromatic rings. The lowest BCUT2D eigenvalue weighted by atomic mass is 9.82. The molecule has 0 bridgehead atoms. The van der Waals surface area contributed by atoms with E-state index in [4.69, 9.17) is 23.2 Å². The number of amides is 1. The molecule has 0 atom stereocenters. The molecule has 2 fully saturated rings. The van der Waals surface area contributed by atoms with Crippen LogP contribution in [0.15, 0.2) is 83.8 Å². The van der Waals surface area contributed by atoms with E-state index in [0.717, 1.165) is 29.5 Å². The maximum atomic E-state index is 13.1. The lowest BCUT2D eigenvalue weighted by Crippen LogP contribution is -2.43. The van der Waals surface area contributed by atoms with Gasteiger partial charge in [-0.3, -0.25) is 14.5 Å². The zero-order valence-corrected chi connectivity index (χ0v) is 25.9. The first-order valence-electron chi connectivity index (χ1n) is 14.3. The Morgan fingerprint density at radius 3 is 2.05 bits per heavy atom. The Labute approximate surface area is 262 Å². The lowest BCUT2D eigenvalue weighted by Gasteiger charge is -2.41. The average Bonchev–Trinajstić information content (AvgIpc) is 2.96. The minimum atomic E-state index is -3.57. The monoisotopic (exact) mass is 640 g/mol. The molecule has 1 aliphatic carbocycles. The SMILES string of the molecule is O=C(NCC1CCC(C(=O)O)CC1)c1cccc(CS(=O)(=O)C=C2CN(C(c3ccc(Cl)cc3)c3ccc(Cl)cc3)C2)c1. The molecule has 1 amide bonds. The lowest BCUT2D eigenvalue weighted by molar-refractivity contribution is -0.143. The third-order valence-corrected chi connectivity index (χ3v) is 10.1. The molecule has 226 valence electrons. The molecule has 0 radical (unpaired) electrons. The Hall–Kier alpha value is -3.17. The van der Waals surface area contributed by atoms with Gasteiger partial charge in [0.05, 0.1) is 17.7 Å². The Kier molecular flexibility index (Phi) is 9.92. The van der Waals surface area contributed by atoms with E-state index in [1.165, 1.54) is 5.41 Å². The van der Waals surface area contributed by atoms with Gasteiger partial charge in [-0.25, -0.2) is 8.42 Å². The minimum Gasteiger partial charge on any atom is -0.481 e.